The van der Waals surface area contributed by atoms with Gasteiger partial charge in [-0.1, -0.05) is 35.5 Å². The first kappa shape index (κ1) is 22.2. The zero-order valence-electron chi connectivity index (χ0n) is 16.6. The largest absolute Gasteiger partial charge is 0.573 e. The predicted molar refractivity (Wildman–Crippen MR) is 117 cm³/mol. The van der Waals surface area contributed by atoms with Crippen LogP contribution in [0.2, 0.25) is 5.02 Å². The number of ether oxygens (including phenoxy) is 1. The second-order valence-electron chi connectivity index (χ2n) is 6.83. The van der Waals surface area contributed by atoms with Crippen molar-refractivity contribution in [1.82, 2.24) is 19.5 Å². The first-order valence-electron chi connectivity index (χ1n) is 9.40. The molecule has 0 aliphatic heterocycles. The first-order valence-corrected chi connectivity index (χ1v) is 10.8. The van der Waals surface area contributed by atoms with E-state index < -0.39 is 6.36 Å². The topological polar surface area (TPSA) is 72.8 Å². The number of rotatable bonds is 6. The average Bonchev–Trinajstić information content (AvgIpc) is 3.06. The van der Waals surface area contributed by atoms with Crippen LogP contribution in [0.4, 0.5) is 13.2 Å². The van der Waals surface area contributed by atoms with Crippen LogP contribution in [0.1, 0.15) is 5.56 Å². The van der Waals surface area contributed by atoms with Gasteiger partial charge in [0.2, 0.25) is 0 Å². The quantitative estimate of drug-likeness (QED) is 0.303. The van der Waals surface area contributed by atoms with Crippen LogP contribution in [-0.4, -0.2) is 31.6 Å². The van der Waals surface area contributed by atoms with Gasteiger partial charge in [0.05, 0.1) is 0 Å². The highest BCUT2D eigenvalue weighted by Gasteiger charge is 2.30. The third-order valence-electron chi connectivity index (χ3n) is 4.60. The smallest absolute Gasteiger partial charge is 0.406 e. The number of hydrogen-bond donors (Lipinski definition) is 1. The number of halogens is 4. The number of aryl methyl sites for hydroxylation is 2. The maximum atomic E-state index is 12.5. The Bertz CT molecular complexity index is 1300. The van der Waals surface area contributed by atoms with Gasteiger partial charge < -0.3 is 9.30 Å². The van der Waals surface area contributed by atoms with Crippen LogP contribution in [0.15, 0.2) is 58.5 Å². The summed E-state index contributed by atoms with van der Waals surface area (Å²) in [6, 6.07) is 12.8. The van der Waals surface area contributed by atoms with Gasteiger partial charge in [-0.25, -0.2) is 9.97 Å². The molecule has 11 heteroatoms. The van der Waals surface area contributed by atoms with Crippen molar-refractivity contribution in [3.8, 4) is 17.1 Å². The van der Waals surface area contributed by atoms with E-state index in [1.54, 1.807) is 35.9 Å². The van der Waals surface area contributed by atoms with Gasteiger partial charge in [0.25, 0.3) is 5.56 Å². The minimum Gasteiger partial charge on any atom is -0.406 e. The summed E-state index contributed by atoms with van der Waals surface area (Å²) in [5, 5.41) is 1.04. The summed E-state index contributed by atoms with van der Waals surface area (Å²) in [5.74, 6) is 0.895. The van der Waals surface area contributed by atoms with Crippen molar-refractivity contribution in [3.05, 3.63) is 69.5 Å². The Morgan fingerprint density at radius 3 is 2.44 bits per heavy atom. The second kappa shape index (κ2) is 8.87. The third-order valence-corrected chi connectivity index (χ3v) is 5.72. The van der Waals surface area contributed by atoms with E-state index in [1.807, 2.05) is 12.1 Å². The van der Waals surface area contributed by atoms with Crippen LogP contribution in [0.5, 0.6) is 5.75 Å². The fourth-order valence-electron chi connectivity index (χ4n) is 3.10. The lowest BCUT2D eigenvalue weighted by Crippen LogP contribution is -2.17. The number of imidazole rings is 1. The highest BCUT2D eigenvalue weighted by Crippen LogP contribution is 2.25. The molecule has 166 valence electrons. The number of hydrogen-bond acceptors (Lipinski definition) is 5. The Balaban J connectivity index is 1.47. The van der Waals surface area contributed by atoms with Gasteiger partial charge in [0, 0.05) is 23.4 Å². The number of thioether (sulfide) groups is 1. The zero-order valence-corrected chi connectivity index (χ0v) is 18.2. The van der Waals surface area contributed by atoms with Crippen molar-refractivity contribution in [2.45, 2.75) is 17.9 Å². The highest BCUT2D eigenvalue weighted by atomic mass is 35.5. The van der Waals surface area contributed by atoms with Gasteiger partial charge in [-0.05, 0) is 48.4 Å². The summed E-state index contributed by atoms with van der Waals surface area (Å²) in [4.78, 5) is 24.2. The second-order valence-corrected chi connectivity index (χ2v) is 8.35. The highest BCUT2D eigenvalue weighted by molar-refractivity contribution is 7.99. The summed E-state index contributed by atoms with van der Waals surface area (Å²) in [5.41, 5.74) is 1.99. The van der Waals surface area contributed by atoms with Crippen molar-refractivity contribution in [2.75, 3.05) is 5.75 Å². The molecule has 0 aliphatic carbocycles. The summed E-state index contributed by atoms with van der Waals surface area (Å²) >= 11 is 7.28. The molecule has 0 amide bonds. The maximum absolute atomic E-state index is 12.5. The van der Waals surface area contributed by atoms with Gasteiger partial charge in [-0.2, -0.15) is 0 Å². The Morgan fingerprint density at radius 1 is 1.09 bits per heavy atom. The van der Waals surface area contributed by atoms with Crippen LogP contribution in [0, 0.1) is 0 Å². The number of alkyl halides is 3. The number of H-pyrrole nitrogens is 1. The lowest BCUT2D eigenvalue weighted by molar-refractivity contribution is -0.274. The van der Waals surface area contributed by atoms with Crippen LogP contribution >= 0.6 is 23.4 Å². The van der Waals surface area contributed by atoms with Crippen LogP contribution in [-0.2, 0) is 13.5 Å². The van der Waals surface area contributed by atoms with Gasteiger partial charge in [0.1, 0.15) is 11.6 Å². The number of nitrogens with zero attached hydrogens (tertiary/aromatic N) is 3. The molecule has 0 atom stereocenters. The molecule has 2 heterocycles. The van der Waals surface area contributed by atoms with Crippen LogP contribution in [0.25, 0.3) is 22.6 Å². The molecule has 4 rings (SSSR count). The van der Waals surface area contributed by atoms with E-state index in [-0.39, 0.29) is 16.8 Å². The molecular formula is C21H16ClF3N4O2S. The van der Waals surface area contributed by atoms with Gasteiger partial charge >= 0.3 is 6.36 Å². The Labute approximate surface area is 189 Å². The number of fused-ring (bicyclic) bond motifs is 1. The molecule has 0 spiro atoms. The van der Waals surface area contributed by atoms with Crippen molar-refractivity contribution >= 4 is 34.5 Å². The lowest BCUT2D eigenvalue weighted by Gasteiger charge is -2.09. The van der Waals surface area contributed by atoms with E-state index in [9.17, 15) is 18.0 Å². The normalized spacial score (nSPS) is 11.8. The minimum absolute atomic E-state index is 0.238. The summed E-state index contributed by atoms with van der Waals surface area (Å²) in [6.07, 6.45) is -4.15. The number of aromatic nitrogens is 4. The molecule has 0 radical (unpaired) electrons. The van der Waals surface area contributed by atoms with E-state index in [1.165, 1.54) is 23.9 Å². The molecule has 0 saturated heterocycles. The van der Waals surface area contributed by atoms with Gasteiger partial charge in [0.15, 0.2) is 16.3 Å². The first-order chi connectivity index (χ1) is 15.2. The number of benzene rings is 2. The Morgan fingerprint density at radius 2 is 1.78 bits per heavy atom. The van der Waals surface area contributed by atoms with Gasteiger partial charge in [-0.3, -0.25) is 9.78 Å². The molecule has 0 aliphatic rings. The molecular weight excluding hydrogens is 465 g/mol. The molecule has 2 aromatic heterocycles. The third kappa shape index (κ3) is 5.08. The summed E-state index contributed by atoms with van der Waals surface area (Å²) < 4.78 is 42.3. The molecule has 2 aromatic carbocycles. The fraction of sp³-hybridized carbons (Fsp3) is 0.190. The van der Waals surface area contributed by atoms with E-state index >= 15 is 0 Å². The molecule has 0 fully saturated rings. The van der Waals surface area contributed by atoms with Crippen molar-refractivity contribution < 1.29 is 17.9 Å². The van der Waals surface area contributed by atoms with E-state index in [0.29, 0.717) is 33.8 Å². The molecule has 4 aromatic rings. The standard InChI is InChI=1S/C21H16ClF3N4O2S/c1-29-17(13-4-6-14(22)7-5-13)26-16-18(29)27-20(28-19(16)30)32-11-10-12-2-8-15(9-3-12)31-21(23,24)25/h2-9H,10-11H2,1H3,(H,27,28,30). The average molecular weight is 481 g/mol. The van der Waals surface area contributed by atoms with Crippen LogP contribution < -0.4 is 10.3 Å². The molecule has 6 nitrogen and oxygen atoms in total. The fourth-order valence-corrected chi connectivity index (χ4v) is 4.07. The van der Waals surface area contributed by atoms with Crippen LogP contribution in [0.3, 0.4) is 0 Å². The van der Waals surface area contributed by atoms with E-state index in [4.69, 9.17) is 11.6 Å². The monoisotopic (exact) mass is 480 g/mol. The van der Waals surface area contributed by atoms with Crippen molar-refractivity contribution in [3.63, 3.8) is 0 Å². The Kier molecular flexibility index (Phi) is 6.16. The number of nitrogens with one attached hydrogen (secondary N) is 1. The van der Waals surface area contributed by atoms with Gasteiger partial charge in [-0.15, -0.1) is 13.2 Å². The Hall–Kier alpha value is -2.98. The molecule has 1 N–H and O–H groups in total. The summed E-state index contributed by atoms with van der Waals surface area (Å²) in [7, 11) is 1.78. The summed E-state index contributed by atoms with van der Waals surface area (Å²) in [6.45, 7) is 0. The molecule has 0 bridgehead atoms. The van der Waals surface area contributed by atoms with E-state index in [0.717, 1.165) is 11.1 Å². The van der Waals surface area contributed by atoms with E-state index in [2.05, 4.69) is 19.7 Å². The zero-order chi connectivity index (χ0) is 22.9. The van der Waals surface area contributed by atoms with Crippen molar-refractivity contribution in [2.24, 2.45) is 7.05 Å². The SMILES string of the molecule is Cn1c(-c2ccc(Cl)cc2)nc2c(=O)[nH]c(SCCc3ccc(OC(F)(F)F)cc3)nc21. The molecule has 0 saturated carbocycles. The predicted octanol–water partition coefficient (Wildman–Crippen LogP) is 5.21. The minimum atomic E-state index is -4.72. The maximum Gasteiger partial charge on any atom is 0.573 e. The number of aromatic amines is 1. The van der Waals surface area contributed by atoms with Crippen molar-refractivity contribution in [1.29, 1.82) is 0 Å². The molecule has 32 heavy (non-hydrogen) atoms. The lowest BCUT2D eigenvalue weighted by atomic mass is 10.2. The molecule has 0 unspecified atom stereocenters.